The summed E-state index contributed by atoms with van der Waals surface area (Å²) in [6.45, 7) is 0.382. The van der Waals surface area contributed by atoms with Crippen LogP contribution in [0.1, 0.15) is 48.3 Å². The number of aliphatic hydroxyl groups is 1. The van der Waals surface area contributed by atoms with Crippen molar-refractivity contribution in [3.8, 4) is 11.5 Å². The summed E-state index contributed by atoms with van der Waals surface area (Å²) >= 11 is 0. The second-order valence-electron chi connectivity index (χ2n) is 8.80. The Morgan fingerprint density at radius 2 is 1.87 bits per heavy atom. The summed E-state index contributed by atoms with van der Waals surface area (Å²) in [5.41, 5.74) is 9.74. The summed E-state index contributed by atoms with van der Waals surface area (Å²) in [7, 11) is 1.30. The third-order valence-electron chi connectivity index (χ3n) is 6.70. The van der Waals surface area contributed by atoms with E-state index >= 15 is 0 Å². The van der Waals surface area contributed by atoms with Gasteiger partial charge in [-0.3, -0.25) is 0 Å². The Morgan fingerprint density at radius 3 is 2.60 bits per heavy atom. The van der Waals surface area contributed by atoms with E-state index in [0.29, 0.717) is 12.5 Å². The standard InChI is InChI=1S/C24H29F2NO3/c1-29-20-6-7-21(23(26)22(20)25)30-13-15-2-3-17-11-18(5-4-16(17)10-15)19-8-9-24(27,12-19)14-28/h4-7,11,15,19,28H,2-3,8-10,12-14,27H2,1H3/t15-,19+,24-/m1/s1. The number of hydrogen-bond donors (Lipinski definition) is 2. The van der Waals surface area contributed by atoms with Gasteiger partial charge >= 0.3 is 0 Å². The van der Waals surface area contributed by atoms with E-state index in [9.17, 15) is 13.9 Å². The first-order chi connectivity index (χ1) is 14.4. The zero-order chi connectivity index (χ0) is 21.3. The SMILES string of the molecule is COc1ccc(OC[C@@H]2CCc3cc([C@H]4CC[C@](N)(CO)C4)ccc3C2)c(F)c1F. The van der Waals surface area contributed by atoms with Gasteiger partial charge in [0, 0.05) is 5.54 Å². The highest BCUT2D eigenvalue weighted by molar-refractivity contribution is 5.37. The first kappa shape index (κ1) is 21.1. The average molecular weight is 417 g/mol. The molecule has 0 radical (unpaired) electrons. The van der Waals surface area contributed by atoms with E-state index in [0.717, 1.165) is 38.5 Å². The fourth-order valence-electron chi connectivity index (χ4n) is 4.82. The van der Waals surface area contributed by atoms with E-state index in [1.165, 1.54) is 35.9 Å². The molecular formula is C24H29F2NO3. The maximum atomic E-state index is 14.1. The van der Waals surface area contributed by atoms with Crippen LogP contribution in [-0.4, -0.2) is 31.0 Å². The topological polar surface area (TPSA) is 64.7 Å². The van der Waals surface area contributed by atoms with Crippen LogP contribution >= 0.6 is 0 Å². The molecule has 0 spiro atoms. The largest absolute Gasteiger partial charge is 0.494 e. The predicted octanol–water partition coefficient (Wildman–Crippen LogP) is 4.11. The summed E-state index contributed by atoms with van der Waals surface area (Å²) in [5.74, 6) is -1.58. The minimum atomic E-state index is -1.02. The molecule has 30 heavy (non-hydrogen) atoms. The van der Waals surface area contributed by atoms with Gasteiger partial charge in [-0.2, -0.15) is 8.78 Å². The number of hydrogen-bond acceptors (Lipinski definition) is 4. The summed E-state index contributed by atoms with van der Waals surface area (Å²) in [6.07, 6.45) is 5.43. The lowest BCUT2D eigenvalue weighted by molar-refractivity contribution is 0.198. The highest BCUT2D eigenvalue weighted by atomic mass is 19.2. The van der Waals surface area contributed by atoms with Crippen LogP contribution in [0.4, 0.5) is 8.78 Å². The van der Waals surface area contributed by atoms with Crippen LogP contribution in [0, 0.1) is 17.6 Å². The minimum Gasteiger partial charge on any atom is -0.494 e. The molecule has 0 saturated heterocycles. The molecule has 0 bridgehead atoms. The molecule has 0 aliphatic heterocycles. The van der Waals surface area contributed by atoms with Crippen molar-refractivity contribution < 1.29 is 23.4 Å². The summed E-state index contributed by atoms with van der Waals surface area (Å²) in [5, 5.41) is 9.52. The highest BCUT2D eigenvalue weighted by Crippen LogP contribution is 2.40. The Balaban J connectivity index is 1.38. The molecule has 162 valence electrons. The molecule has 4 nitrogen and oxygen atoms in total. The van der Waals surface area contributed by atoms with E-state index in [1.807, 2.05) is 0 Å². The van der Waals surface area contributed by atoms with E-state index in [4.69, 9.17) is 15.2 Å². The van der Waals surface area contributed by atoms with E-state index in [-0.39, 0.29) is 24.0 Å². The molecule has 1 saturated carbocycles. The molecule has 3 atom stereocenters. The first-order valence-corrected chi connectivity index (χ1v) is 10.6. The van der Waals surface area contributed by atoms with Crippen molar-refractivity contribution in [3.05, 3.63) is 58.7 Å². The molecule has 0 amide bonds. The zero-order valence-electron chi connectivity index (χ0n) is 17.3. The number of ether oxygens (including phenoxy) is 2. The molecule has 2 aromatic rings. The molecule has 6 heteroatoms. The summed E-state index contributed by atoms with van der Waals surface area (Å²) < 4.78 is 38.4. The van der Waals surface area contributed by atoms with Crippen molar-refractivity contribution >= 4 is 0 Å². The molecule has 1 fully saturated rings. The molecule has 0 heterocycles. The fourth-order valence-corrected chi connectivity index (χ4v) is 4.82. The van der Waals surface area contributed by atoms with Crippen molar-refractivity contribution in [2.45, 2.75) is 50.0 Å². The van der Waals surface area contributed by atoms with Crippen LogP contribution in [0.2, 0.25) is 0 Å². The van der Waals surface area contributed by atoms with Gasteiger partial charge in [0.1, 0.15) is 0 Å². The molecular weight excluding hydrogens is 388 g/mol. The number of halogens is 2. The molecule has 4 rings (SSSR count). The Bertz CT molecular complexity index is 920. The lowest BCUT2D eigenvalue weighted by Gasteiger charge is -2.26. The maximum Gasteiger partial charge on any atom is 0.204 e. The molecule has 0 unspecified atom stereocenters. The van der Waals surface area contributed by atoms with Gasteiger partial charge in [0.2, 0.25) is 11.6 Å². The number of benzene rings is 2. The Hall–Kier alpha value is -2.18. The van der Waals surface area contributed by atoms with E-state index < -0.39 is 17.2 Å². The highest BCUT2D eigenvalue weighted by Gasteiger charge is 2.36. The third-order valence-corrected chi connectivity index (χ3v) is 6.70. The van der Waals surface area contributed by atoms with E-state index in [2.05, 4.69) is 18.2 Å². The number of methoxy groups -OCH3 is 1. The van der Waals surface area contributed by atoms with Gasteiger partial charge in [0.25, 0.3) is 0 Å². The van der Waals surface area contributed by atoms with Crippen LogP contribution in [-0.2, 0) is 12.8 Å². The van der Waals surface area contributed by atoms with Crippen molar-refractivity contribution in [3.63, 3.8) is 0 Å². The number of nitrogens with two attached hydrogens (primary N) is 1. The summed E-state index contributed by atoms with van der Waals surface area (Å²) in [4.78, 5) is 0. The van der Waals surface area contributed by atoms with Gasteiger partial charge in [0.05, 0.1) is 20.3 Å². The Morgan fingerprint density at radius 1 is 1.10 bits per heavy atom. The predicted molar refractivity (Wildman–Crippen MR) is 111 cm³/mol. The molecule has 3 N–H and O–H groups in total. The zero-order valence-corrected chi connectivity index (χ0v) is 17.3. The number of fused-ring (bicyclic) bond motifs is 1. The first-order valence-electron chi connectivity index (χ1n) is 10.6. The Labute approximate surface area is 176 Å². The van der Waals surface area contributed by atoms with Gasteiger partial charge in [-0.25, -0.2) is 0 Å². The van der Waals surface area contributed by atoms with Gasteiger partial charge in [-0.15, -0.1) is 0 Å². The monoisotopic (exact) mass is 417 g/mol. The molecule has 2 aromatic carbocycles. The van der Waals surface area contributed by atoms with Crippen molar-refractivity contribution in [2.24, 2.45) is 11.7 Å². The molecule has 2 aliphatic rings. The van der Waals surface area contributed by atoms with Crippen molar-refractivity contribution in [1.82, 2.24) is 0 Å². The smallest absolute Gasteiger partial charge is 0.204 e. The second-order valence-corrected chi connectivity index (χ2v) is 8.80. The lowest BCUT2D eigenvalue weighted by atomic mass is 9.82. The van der Waals surface area contributed by atoms with Gasteiger partial charge in [-0.1, -0.05) is 18.2 Å². The maximum absolute atomic E-state index is 14.1. The molecule has 2 aliphatic carbocycles. The molecule has 0 aromatic heterocycles. The number of rotatable bonds is 6. The van der Waals surface area contributed by atoms with Crippen LogP contribution < -0.4 is 15.2 Å². The van der Waals surface area contributed by atoms with Crippen LogP contribution in [0.25, 0.3) is 0 Å². The third kappa shape index (κ3) is 4.16. The quantitative estimate of drug-likeness (QED) is 0.742. The number of aliphatic hydroxyl groups excluding tert-OH is 1. The van der Waals surface area contributed by atoms with Gasteiger partial charge in [-0.05, 0) is 79.2 Å². The van der Waals surface area contributed by atoms with Crippen LogP contribution in [0.15, 0.2) is 30.3 Å². The summed E-state index contributed by atoms with van der Waals surface area (Å²) in [6, 6.07) is 9.43. The van der Waals surface area contributed by atoms with E-state index in [1.54, 1.807) is 0 Å². The Kier molecular flexibility index (Phi) is 5.98. The van der Waals surface area contributed by atoms with Crippen molar-refractivity contribution in [2.75, 3.05) is 20.3 Å². The lowest BCUT2D eigenvalue weighted by Crippen LogP contribution is -2.40. The average Bonchev–Trinajstić information content (AvgIpc) is 3.17. The van der Waals surface area contributed by atoms with Crippen molar-refractivity contribution in [1.29, 1.82) is 0 Å². The van der Waals surface area contributed by atoms with Gasteiger partial charge < -0.3 is 20.3 Å². The minimum absolute atomic E-state index is 0.0365. The normalized spacial score (nSPS) is 25.8. The van der Waals surface area contributed by atoms with Crippen LogP contribution in [0.3, 0.4) is 0 Å². The van der Waals surface area contributed by atoms with Crippen LogP contribution in [0.5, 0.6) is 11.5 Å². The van der Waals surface area contributed by atoms with Gasteiger partial charge in [0.15, 0.2) is 11.5 Å². The fraction of sp³-hybridized carbons (Fsp3) is 0.500. The number of aryl methyl sites for hydroxylation is 1. The second kappa shape index (κ2) is 8.52.